The number of hydrogen-bond acceptors (Lipinski definition) is 12. The topological polar surface area (TPSA) is 172 Å². The van der Waals surface area contributed by atoms with Crippen LogP contribution >= 0.6 is 12.5 Å². The quantitative estimate of drug-likeness (QED) is 0.0583. The summed E-state index contributed by atoms with van der Waals surface area (Å²) in [6, 6.07) is 10.3. The van der Waals surface area contributed by atoms with Crippen molar-refractivity contribution in [2.24, 2.45) is 5.73 Å². The van der Waals surface area contributed by atoms with Gasteiger partial charge in [-0.05, 0) is 24.3 Å². The summed E-state index contributed by atoms with van der Waals surface area (Å²) in [5.74, 6) is -0.978. The lowest BCUT2D eigenvalue weighted by molar-refractivity contribution is -0.0102. The van der Waals surface area contributed by atoms with Gasteiger partial charge >= 0.3 is 0 Å². The summed E-state index contributed by atoms with van der Waals surface area (Å²) in [6.07, 6.45) is 0. The van der Waals surface area contributed by atoms with Crippen LogP contribution in [0.4, 0.5) is 0 Å². The van der Waals surface area contributed by atoms with Gasteiger partial charge in [0.2, 0.25) is 5.75 Å². The van der Waals surface area contributed by atoms with Crippen molar-refractivity contribution in [2.45, 2.75) is 0 Å². The molecular weight excluding hydrogens is 567 g/mol. The molecule has 0 atom stereocenters. The Hall–Kier alpha value is -3.11. The van der Waals surface area contributed by atoms with Crippen molar-refractivity contribution in [1.82, 2.24) is 5.32 Å². The third-order valence-electron chi connectivity index (χ3n) is 5.56. The van der Waals surface area contributed by atoms with Gasteiger partial charge in [-0.15, -0.1) is 0 Å². The van der Waals surface area contributed by atoms with Gasteiger partial charge in [0, 0.05) is 30.3 Å². The first-order valence-corrected chi connectivity index (χ1v) is 13.7. The highest BCUT2D eigenvalue weighted by Crippen LogP contribution is 2.34. The molecule has 0 aliphatic carbocycles. The smallest absolute Gasteiger partial charge is 0.251 e. The first-order valence-electron chi connectivity index (χ1n) is 13.2. The molecule has 0 aliphatic rings. The second-order valence-corrected chi connectivity index (χ2v) is 8.47. The summed E-state index contributed by atoms with van der Waals surface area (Å²) in [5.41, 5.74) is 5.80. The molecule has 0 unspecified atom stereocenters. The lowest BCUT2D eigenvalue weighted by atomic mass is 10.1. The van der Waals surface area contributed by atoms with Crippen LogP contribution in [-0.2, 0) is 23.7 Å². The van der Waals surface area contributed by atoms with Crippen LogP contribution < -0.4 is 16.5 Å². The molecule has 2 radical (unpaired) electrons. The Bertz CT molecular complexity index is 1260. The Morgan fingerprint density at radius 3 is 1.88 bits per heavy atom. The number of phenolic OH excluding ortho intramolecular Hbond substituents is 2. The van der Waals surface area contributed by atoms with Crippen LogP contribution in [0.15, 0.2) is 51.7 Å². The second-order valence-electron chi connectivity index (χ2n) is 8.47. The van der Waals surface area contributed by atoms with Crippen LogP contribution in [0.5, 0.6) is 11.5 Å². The van der Waals surface area contributed by atoms with Crippen LogP contribution in [0.1, 0.15) is 10.4 Å². The van der Waals surface area contributed by atoms with Gasteiger partial charge in [0.25, 0.3) is 5.91 Å². The number of carbonyl (C=O) groups excluding carboxylic acids is 1. The molecule has 1 heterocycles. The zero-order valence-electron chi connectivity index (χ0n) is 23.3. The maximum atomic E-state index is 12.4. The van der Waals surface area contributed by atoms with Crippen molar-refractivity contribution in [1.29, 1.82) is 0 Å². The minimum absolute atomic E-state index is 0.106. The van der Waals surface area contributed by atoms with Gasteiger partial charge in [0.15, 0.2) is 23.9 Å². The summed E-state index contributed by atoms with van der Waals surface area (Å²) in [5, 5.41) is 22.7. The van der Waals surface area contributed by atoms with E-state index in [9.17, 15) is 19.8 Å². The molecule has 5 N–H and O–H groups in total. The highest BCUT2D eigenvalue weighted by atomic mass is 32.1. The van der Waals surface area contributed by atoms with Crippen molar-refractivity contribution in [3.63, 3.8) is 0 Å². The minimum Gasteiger partial charge on any atom is -0.504 e. The Balaban J connectivity index is 0.00000301. The van der Waals surface area contributed by atoms with Crippen LogP contribution in [0.25, 0.3) is 22.3 Å². The van der Waals surface area contributed by atoms with E-state index in [0.717, 1.165) is 0 Å². The molecule has 12 nitrogen and oxygen atoms in total. The van der Waals surface area contributed by atoms with Crippen molar-refractivity contribution in [3.05, 3.63) is 58.3 Å². The third-order valence-corrected chi connectivity index (χ3v) is 5.56. The fraction of sp³-hybridized carbons (Fsp3) is 0.429. The highest BCUT2D eigenvalue weighted by Gasteiger charge is 2.14. The maximum Gasteiger partial charge on any atom is 0.251 e. The van der Waals surface area contributed by atoms with E-state index in [1.165, 1.54) is 18.2 Å². The predicted molar refractivity (Wildman–Crippen MR) is 161 cm³/mol. The van der Waals surface area contributed by atoms with Crippen LogP contribution in [0, 0.1) is 0 Å². The molecule has 228 valence electrons. The molecule has 0 saturated heterocycles. The van der Waals surface area contributed by atoms with Gasteiger partial charge in [-0.2, -0.15) is 0 Å². The number of amides is 1. The maximum absolute atomic E-state index is 12.4. The second kappa shape index (κ2) is 20.7. The Morgan fingerprint density at radius 2 is 1.33 bits per heavy atom. The van der Waals surface area contributed by atoms with Crippen molar-refractivity contribution in [2.75, 3.05) is 79.2 Å². The van der Waals surface area contributed by atoms with Gasteiger partial charge in [-0.1, -0.05) is 12.1 Å². The number of nitrogens with one attached hydrogen (secondary N) is 1. The predicted octanol–water partition coefficient (Wildman–Crippen LogP) is 1.64. The zero-order chi connectivity index (χ0) is 30.6. The van der Waals surface area contributed by atoms with Gasteiger partial charge in [-0.3, -0.25) is 9.59 Å². The molecule has 3 rings (SSSR count). The van der Waals surface area contributed by atoms with Gasteiger partial charge in [-0.25, -0.2) is 12.5 Å². The number of benzene rings is 2. The lowest BCUT2D eigenvalue weighted by Crippen LogP contribution is -2.27. The zero-order valence-corrected chi connectivity index (χ0v) is 24.2. The molecule has 1 aromatic heterocycles. The van der Waals surface area contributed by atoms with E-state index in [0.29, 0.717) is 90.3 Å². The number of fused-ring (bicyclic) bond motifs is 1. The van der Waals surface area contributed by atoms with E-state index < -0.39 is 5.75 Å². The fourth-order valence-electron chi connectivity index (χ4n) is 3.53. The summed E-state index contributed by atoms with van der Waals surface area (Å²) in [7, 11) is 4.19. The summed E-state index contributed by atoms with van der Waals surface area (Å²) in [6.45, 7) is 5.40. The summed E-state index contributed by atoms with van der Waals surface area (Å²) >= 11 is 3.03. The van der Waals surface area contributed by atoms with E-state index in [1.54, 1.807) is 24.3 Å². The molecule has 0 spiro atoms. The molecular formula is C28H37BN2O10S. The van der Waals surface area contributed by atoms with Crippen molar-refractivity contribution < 1.29 is 43.1 Å². The van der Waals surface area contributed by atoms with Crippen LogP contribution in [0.3, 0.4) is 0 Å². The molecule has 1 amide bonds. The van der Waals surface area contributed by atoms with E-state index in [2.05, 4.69) is 24.9 Å². The van der Waals surface area contributed by atoms with E-state index in [-0.39, 0.29) is 33.8 Å². The molecule has 14 heteroatoms. The normalized spacial score (nSPS) is 10.8. The van der Waals surface area contributed by atoms with Crippen molar-refractivity contribution in [3.8, 4) is 22.8 Å². The van der Waals surface area contributed by atoms with Gasteiger partial charge in [0.1, 0.15) is 5.76 Å². The van der Waals surface area contributed by atoms with E-state index in [1.807, 2.05) is 0 Å². The molecule has 0 bridgehead atoms. The minimum atomic E-state index is -0.506. The molecule has 0 fully saturated rings. The molecule has 3 aromatic rings. The van der Waals surface area contributed by atoms with E-state index >= 15 is 0 Å². The highest BCUT2D eigenvalue weighted by molar-refractivity contribution is 8.03. The van der Waals surface area contributed by atoms with Crippen molar-refractivity contribution >= 4 is 36.5 Å². The lowest BCUT2D eigenvalue weighted by Gasteiger charge is -2.09. The molecule has 0 aliphatic heterocycles. The number of hydrogen-bond donors (Lipinski definition) is 5. The summed E-state index contributed by atoms with van der Waals surface area (Å²) in [4.78, 5) is 24.8. The number of carbonyl (C=O) groups is 1. The molecule has 42 heavy (non-hydrogen) atoms. The number of nitrogens with two attached hydrogens (primary N) is 1. The average Bonchev–Trinajstić information content (AvgIpc) is 3.01. The molecule has 0 saturated carbocycles. The molecule has 2 aromatic carbocycles. The first-order chi connectivity index (χ1) is 20.5. The number of ether oxygens (including phenoxy) is 5. The monoisotopic (exact) mass is 604 g/mol. The van der Waals surface area contributed by atoms with Crippen LogP contribution in [-0.4, -0.2) is 102 Å². The number of aromatic hydroxyl groups is 2. The first kappa shape index (κ1) is 35.1. The Morgan fingerprint density at radius 1 is 0.810 bits per heavy atom. The standard InChI is InChI=1S/C28H36N2O10.BHS/c29-7-9-35-11-13-37-15-17-39-18-16-38-14-12-36-10-8-30-28(34)21-3-1-20(2-4-21)25-19-24(32)22-5-6-23(31)26(33)27(22)40-25;1-2/h1-6,19,31,33H,7-18,29H2,(H,30,34);2H. The van der Waals surface area contributed by atoms with Crippen LogP contribution in [0.2, 0.25) is 0 Å². The average molecular weight is 604 g/mol. The Kier molecular flexibility index (Phi) is 17.3. The Labute approximate surface area is 250 Å². The largest absolute Gasteiger partial charge is 0.504 e. The number of rotatable bonds is 19. The van der Waals surface area contributed by atoms with E-state index in [4.69, 9.17) is 33.8 Å². The third kappa shape index (κ3) is 12.0. The van der Waals surface area contributed by atoms with Gasteiger partial charge < -0.3 is 49.4 Å². The number of thiol groups is 1. The SMILES string of the molecule is NCCOCCOCCOCCOCCOCCNC(=O)c1ccc(-c2cc(=O)c3ccc(O)c(O)c3o2)cc1.[B]S. The van der Waals surface area contributed by atoms with Gasteiger partial charge in [0.05, 0.1) is 71.5 Å². The number of phenols is 2. The summed E-state index contributed by atoms with van der Waals surface area (Å²) < 4.78 is 32.5. The fourth-order valence-corrected chi connectivity index (χ4v) is 3.53.